The molecule has 0 amide bonds. The lowest BCUT2D eigenvalue weighted by Crippen LogP contribution is -2.27. The zero-order valence-electron chi connectivity index (χ0n) is 10.1. The van der Waals surface area contributed by atoms with Crippen LogP contribution in [-0.4, -0.2) is 12.6 Å². The molecule has 0 radical (unpaired) electrons. The number of benzene rings is 1. The highest BCUT2D eigenvalue weighted by molar-refractivity contribution is 5.41. The first-order chi connectivity index (χ1) is 8.24. The van der Waals surface area contributed by atoms with Gasteiger partial charge in [-0.2, -0.15) is 5.26 Å². The zero-order valence-corrected chi connectivity index (χ0v) is 10.1. The van der Waals surface area contributed by atoms with E-state index in [0.29, 0.717) is 18.0 Å². The number of hydrogen-bond acceptors (Lipinski definition) is 3. The molecule has 1 aliphatic rings. The van der Waals surface area contributed by atoms with E-state index < -0.39 is 0 Å². The average Bonchev–Trinajstić information content (AvgIpc) is 2.76. The van der Waals surface area contributed by atoms with Crippen molar-refractivity contribution in [3.05, 3.63) is 29.3 Å². The van der Waals surface area contributed by atoms with E-state index in [9.17, 15) is 0 Å². The lowest BCUT2D eigenvalue weighted by Gasteiger charge is -2.20. The Kier molecular flexibility index (Phi) is 3.65. The number of hydrogen-bond donors (Lipinski definition) is 1. The van der Waals surface area contributed by atoms with Gasteiger partial charge in [0.05, 0.1) is 11.6 Å². The molecular formula is C14H18N2O. The van der Waals surface area contributed by atoms with Gasteiger partial charge in [-0.1, -0.05) is 0 Å². The van der Waals surface area contributed by atoms with Crippen molar-refractivity contribution in [3.63, 3.8) is 0 Å². The normalized spacial score (nSPS) is 23.4. The summed E-state index contributed by atoms with van der Waals surface area (Å²) >= 11 is 0. The van der Waals surface area contributed by atoms with Gasteiger partial charge in [0, 0.05) is 5.92 Å². The van der Waals surface area contributed by atoms with E-state index in [1.165, 1.54) is 6.42 Å². The second kappa shape index (κ2) is 5.20. The van der Waals surface area contributed by atoms with Crippen molar-refractivity contribution in [2.24, 2.45) is 11.7 Å². The van der Waals surface area contributed by atoms with E-state index in [4.69, 9.17) is 15.7 Å². The van der Waals surface area contributed by atoms with Crippen LogP contribution >= 0.6 is 0 Å². The molecule has 17 heavy (non-hydrogen) atoms. The zero-order chi connectivity index (χ0) is 12.3. The van der Waals surface area contributed by atoms with Crippen LogP contribution in [0.4, 0.5) is 0 Å². The van der Waals surface area contributed by atoms with E-state index in [-0.39, 0.29) is 6.10 Å². The van der Waals surface area contributed by atoms with Crippen LogP contribution in [0.1, 0.15) is 30.4 Å². The van der Waals surface area contributed by atoms with E-state index in [2.05, 4.69) is 6.07 Å². The third kappa shape index (κ3) is 2.59. The molecule has 2 N–H and O–H groups in total. The number of nitrogens with two attached hydrogens (primary N) is 1. The van der Waals surface area contributed by atoms with Gasteiger partial charge in [-0.25, -0.2) is 0 Å². The lowest BCUT2D eigenvalue weighted by atomic mass is 10.1. The monoisotopic (exact) mass is 230 g/mol. The third-order valence-electron chi connectivity index (χ3n) is 3.50. The number of nitriles is 1. The summed E-state index contributed by atoms with van der Waals surface area (Å²) in [4.78, 5) is 0. The minimum absolute atomic E-state index is 0.243. The maximum Gasteiger partial charge on any atom is 0.120 e. The summed E-state index contributed by atoms with van der Waals surface area (Å²) in [6.45, 7) is 2.63. The summed E-state index contributed by atoms with van der Waals surface area (Å²) < 4.78 is 5.97. The highest BCUT2D eigenvalue weighted by Crippen LogP contribution is 2.29. The SMILES string of the molecule is Cc1cc(OC2CCCC2CN)ccc1C#N. The molecule has 0 spiro atoms. The van der Waals surface area contributed by atoms with Crippen molar-refractivity contribution in [3.8, 4) is 11.8 Å². The molecule has 1 saturated carbocycles. The first-order valence-electron chi connectivity index (χ1n) is 6.12. The number of rotatable bonds is 3. The lowest BCUT2D eigenvalue weighted by molar-refractivity contribution is 0.162. The highest BCUT2D eigenvalue weighted by Gasteiger charge is 2.27. The average molecular weight is 230 g/mol. The van der Waals surface area contributed by atoms with Gasteiger partial charge in [0.2, 0.25) is 0 Å². The van der Waals surface area contributed by atoms with Crippen LogP contribution < -0.4 is 10.5 Å². The molecule has 1 fully saturated rings. The molecule has 0 aromatic heterocycles. The van der Waals surface area contributed by atoms with Crippen LogP contribution in [0.3, 0.4) is 0 Å². The quantitative estimate of drug-likeness (QED) is 0.867. The summed E-state index contributed by atoms with van der Waals surface area (Å²) in [5.74, 6) is 1.33. The van der Waals surface area contributed by atoms with Gasteiger partial charge >= 0.3 is 0 Å². The van der Waals surface area contributed by atoms with Gasteiger partial charge in [-0.05, 0) is 56.5 Å². The molecule has 0 aliphatic heterocycles. The Morgan fingerprint density at radius 2 is 2.29 bits per heavy atom. The van der Waals surface area contributed by atoms with E-state index >= 15 is 0 Å². The summed E-state index contributed by atoms with van der Waals surface area (Å²) in [6, 6.07) is 7.78. The summed E-state index contributed by atoms with van der Waals surface area (Å²) in [6.07, 6.45) is 3.69. The predicted molar refractivity (Wildman–Crippen MR) is 66.7 cm³/mol. The Bertz CT molecular complexity index is 436. The molecule has 90 valence electrons. The van der Waals surface area contributed by atoms with Crippen LogP contribution in [-0.2, 0) is 0 Å². The minimum atomic E-state index is 0.243. The molecule has 3 heteroatoms. The molecule has 2 atom stereocenters. The summed E-state index contributed by atoms with van der Waals surface area (Å²) in [7, 11) is 0. The Balaban J connectivity index is 2.09. The fourth-order valence-corrected chi connectivity index (χ4v) is 2.44. The number of aryl methyl sites for hydroxylation is 1. The Labute approximate surface area is 102 Å². The van der Waals surface area contributed by atoms with E-state index in [1.54, 1.807) is 0 Å². The molecular weight excluding hydrogens is 212 g/mol. The Morgan fingerprint density at radius 3 is 2.94 bits per heavy atom. The van der Waals surface area contributed by atoms with Crippen molar-refractivity contribution < 1.29 is 4.74 Å². The maximum atomic E-state index is 8.87. The first kappa shape index (κ1) is 11.9. The Morgan fingerprint density at radius 1 is 1.47 bits per heavy atom. The Hall–Kier alpha value is -1.53. The number of nitrogens with zero attached hydrogens (tertiary/aromatic N) is 1. The molecule has 3 nitrogen and oxygen atoms in total. The van der Waals surface area contributed by atoms with E-state index in [0.717, 1.165) is 24.2 Å². The maximum absolute atomic E-state index is 8.87. The largest absolute Gasteiger partial charge is 0.490 e. The van der Waals surface area contributed by atoms with Gasteiger partial charge in [0.15, 0.2) is 0 Å². The second-order valence-electron chi connectivity index (χ2n) is 4.67. The topological polar surface area (TPSA) is 59.0 Å². The van der Waals surface area contributed by atoms with Gasteiger partial charge in [-0.3, -0.25) is 0 Å². The van der Waals surface area contributed by atoms with Crippen LogP contribution in [0.2, 0.25) is 0 Å². The highest BCUT2D eigenvalue weighted by atomic mass is 16.5. The van der Waals surface area contributed by atoms with Crippen molar-refractivity contribution >= 4 is 0 Å². The molecule has 1 aromatic rings. The minimum Gasteiger partial charge on any atom is -0.490 e. The summed E-state index contributed by atoms with van der Waals surface area (Å²) in [5.41, 5.74) is 7.40. The molecule has 1 aromatic carbocycles. The van der Waals surface area contributed by atoms with Crippen LogP contribution in [0.15, 0.2) is 18.2 Å². The fraction of sp³-hybridized carbons (Fsp3) is 0.500. The van der Waals surface area contributed by atoms with Crippen molar-refractivity contribution in [1.82, 2.24) is 0 Å². The molecule has 0 bridgehead atoms. The smallest absolute Gasteiger partial charge is 0.120 e. The van der Waals surface area contributed by atoms with Gasteiger partial charge in [0.1, 0.15) is 11.9 Å². The molecule has 2 rings (SSSR count). The van der Waals surface area contributed by atoms with Crippen LogP contribution in [0.5, 0.6) is 5.75 Å². The third-order valence-corrected chi connectivity index (χ3v) is 3.50. The first-order valence-corrected chi connectivity index (χ1v) is 6.12. The van der Waals surface area contributed by atoms with Crippen LogP contribution in [0, 0.1) is 24.2 Å². The van der Waals surface area contributed by atoms with Crippen LogP contribution in [0.25, 0.3) is 0 Å². The van der Waals surface area contributed by atoms with Gasteiger partial charge in [0.25, 0.3) is 0 Å². The second-order valence-corrected chi connectivity index (χ2v) is 4.67. The van der Waals surface area contributed by atoms with Crippen molar-refractivity contribution in [2.75, 3.05) is 6.54 Å². The predicted octanol–water partition coefficient (Wildman–Crippen LogP) is 2.37. The summed E-state index contributed by atoms with van der Waals surface area (Å²) in [5, 5.41) is 8.87. The molecule has 0 heterocycles. The molecule has 1 aliphatic carbocycles. The van der Waals surface area contributed by atoms with Gasteiger partial charge < -0.3 is 10.5 Å². The molecule has 2 unspecified atom stereocenters. The standard InChI is InChI=1S/C14H18N2O/c1-10-7-13(6-5-11(10)8-15)17-14-4-2-3-12(14)9-16/h5-7,12,14H,2-4,9,16H2,1H3. The number of ether oxygens (including phenoxy) is 1. The fourth-order valence-electron chi connectivity index (χ4n) is 2.44. The van der Waals surface area contributed by atoms with Crippen molar-refractivity contribution in [1.29, 1.82) is 5.26 Å². The van der Waals surface area contributed by atoms with E-state index in [1.807, 2.05) is 25.1 Å². The van der Waals surface area contributed by atoms with Crippen molar-refractivity contribution in [2.45, 2.75) is 32.3 Å². The molecule has 0 saturated heterocycles. The van der Waals surface area contributed by atoms with Gasteiger partial charge in [-0.15, -0.1) is 0 Å².